The standard InChI is InChI=1S/C14H23N3O3S/c1-3-10(4-2)17(6-7-18)9-12(19)16-14-11(13(15)20)5-8-21-14/h5,8,10,18H,3-4,6-7,9H2,1-2H3,(H2,15,20)(H,16,19). The summed E-state index contributed by atoms with van der Waals surface area (Å²) in [4.78, 5) is 25.3. The fourth-order valence-corrected chi connectivity index (χ4v) is 3.08. The van der Waals surface area contributed by atoms with Crippen LogP contribution in [0.15, 0.2) is 11.4 Å². The number of thiophene rings is 1. The number of carbonyl (C=O) groups is 2. The van der Waals surface area contributed by atoms with Gasteiger partial charge in [0, 0.05) is 12.6 Å². The molecule has 1 rings (SSSR count). The Balaban J connectivity index is 2.69. The summed E-state index contributed by atoms with van der Waals surface area (Å²) >= 11 is 1.27. The van der Waals surface area contributed by atoms with Gasteiger partial charge < -0.3 is 16.2 Å². The van der Waals surface area contributed by atoms with E-state index in [2.05, 4.69) is 19.2 Å². The minimum Gasteiger partial charge on any atom is -0.395 e. The van der Waals surface area contributed by atoms with Crippen LogP contribution in [0.1, 0.15) is 37.0 Å². The van der Waals surface area contributed by atoms with Crippen molar-refractivity contribution in [3.05, 3.63) is 17.0 Å². The molecule has 118 valence electrons. The molecule has 0 saturated heterocycles. The van der Waals surface area contributed by atoms with Crippen LogP contribution < -0.4 is 11.1 Å². The van der Waals surface area contributed by atoms with Gasteiger partial charge in [-0.15, -0.1) is 11.3 Å². The van der Waals surface area contributed by atoms with Crippen molar-refractivity contribution in [2.24, 2.45) is 5.73 Å². The molecular formula is C14H23N3O3S. The van der Waals surface area contributed by atoms with Gasteiger partial charge in [-0.1, -0.05) is 13.8 Å². The number of nitrogens with two attached hydrogens (primary N) is 1. The minimum atomic E-state index is -0.557. The lowest BCUT2D eigenvalue weighted by Gasteiger charge is -2.29. The van der Waals surface area contributed by atoms with Crippen molar-refractivity contribution in [2.45, 2.75) is 32.7 Å². The highest BCUT2D eigenvalue weighted by molar-refractivity contribution is 7.14. The summed E-state index contributed by atoms with van der Waals surface area (Å²) in [6.45, 7) is 4.76. The smallest absolute Gasteiger partial charge is 0.251 e. The van der Waals surface area contributed by atoms with Gasteiger partial charge in [-0.05, 0) is 24.3 Å². The van der Waals surface area contributed by atoms with Gasteiger partial charge in [0.15, 0.2) is 0 Å². The third-order valence-electron chi connectivity index (χ3n) is 3.38. The Morgan fingerprint density at radius 3 is 2.62 bits per heavy atom. The van der Waals surface area contributed by atoms with Crippen LogP contribution in [0.4, 0.5) is 5.00 Å². The number of amides is 2. The lowest BCUT2D eigenvalue weighted by molar-refractivity contribution is -0.118. The maximum absolute atomic E-state index is 12.1. The maximum Gasteiger partial charge on any atom is 0.251 e. The second kappa shape index (κ2) is 8.76. The van der Waals surface area contributed by atoms with Crippen LogP contribution >= 0.6 is 11.3 Å². The molecule has 1 aromatic heterocycles. The van der Waals surface area contributed by atoms with Gasteiger partial charge in [0.2, 0.25) is 5.91 Å². The van der Waals surface area contributed by atoms with Crippen LogP contribution in [0.3, 0.4) is 0 Å². The zero-order chi connectivity index (χ0) is 15.8. The second-order valence-corrected chi connectivity index (χ2v) is 5.66. The minimum absolute atomic E-state index is 0.00924. The van der Waals surface area contributed by atoms with Gasteiger partial charge >= 0.3 is 0 Å². The summed E-state index contributed by atoms with van der Waals surface area (Å²) in [6, 6.07) is 1.84. The number of nitrogens with zero attached hydrogens (tertiary/aromatic N) is 1. The van der Waals surface area contributed by atoms with Gasteiger partial charge in [-0.2, -0.15) is 0 Å². The number of carbonyl (C=O) groups excluding carboxylic acids is 2. The third-order valence-corrected chi connectivity index (χ3v) is 4.21. The van der Waals surface area contributed by atoms with E-state index in [0.29, 0.717) is 17.1 Å². The molecular weight excluding hydrogens is 290 g/mol. The van der Waals surface area contributed by atoms with E-state index >= 15 is 0 Å². The van der Waals surface area contributed by atoms with Crippen molar-refractivity contribution in [3.8, 4) is 0 Å². The Labute approximate surface area is 128 Å². The van der Waals surface area contributed by atoms with E-state index in [-0.39, 0.29) is 25.1 Å². The Kier molecular flexibility index (Phi) is 7.35. The van der Waals surface area contributed by atoms with Gasteiger partial charge in [0.05, 0.1) is 18.7 Å². The Morgan fingerprint density at radius 2 is 2.10 bits per heavy atom. The average Bonchev–Trinajstić information content (AvgIpc) is 2.88. The highest BCUT2D eigenvalue weighted by Crippen LogP contribution is 2.22. The second-order valence-electron chi connectivity index (χ2n) is 4.74. The Morgan fingerprint density at radius 1 is 1.43 bits per heavy atom. The first kappa shape index (κ1) is 17.6. The molecule has 6 nitrogen and oxygen atoms in total. The highest BCUT2D eigenvalue weighted by atomic mass is 32.1. The molecule has 0 radical (unpaired) electrons. The first-order valence-electron chi connectivity index (χ1n) is 7.05. The van der Waals surface area contributed by atoms with Gasteiger partial charge in [-0.25, -0.2) is 0 Å². The molecule has 0 aliphatic heterocycles. The fourth-order valence-electron chi connectivity index (χ4n) is 2.27. The summed E-state index contributed by atoms with van der Waals surface area (Å²) in [5, 5.41) is 14.0. The molecule has 0 bridgehead atoms. The van der Waals surface area contributed by atoms with Crippen LogP contribution in [0.2, 0.25) is 0 Å². The van der Waals surface area contributed by atoms with Gasteiger partial charge in [0.25, 0.3) is 5.91 Å². The maximum atomic E-state index is 12.1. The zero-order valence-electron chi connectivity index (χ0n) is 12.5. The first-order valence-corrected chi connectivity index (χ1v) is 7.93. The molecule has 1 heterocycles. The number of rotatable bonds is 9. The third kappa shape index (κ3) is 5.11. The van der Waals surface area contributed by atoms with Crippen LogP contribution in [0, 0.1) is 0 Å². The van der Waals surface area contributed by atoms with Crippen molar-refractivity contribution >= 4 is 28.2 Å². The predicted octanol–water partition coefficient (Wildman–Crippen LogP) is 1.27. The highest BCUT2D eigenvalue weighted by Gasteiger charge is 2.19. The van der Waals surface area contributed by atoms with Gasteiger partial charge in [0.1, 0.15) is 5.00 Å². The number of anilines is 1. The molecule has 0 atom stereocenters. The van der Waals surface area contributed by atoms with E-state index in [1.54, 1.807) is 11.4 Å². The van der Waals surface area contributed by atoms with E-state index in [1.807, 2.05) is 4.90 Å². The van der Waals surface area contributed by atoms with Crippen molar-refractivity contribution < 1.29 is 14.7 Å². The van der Waals surface area contributed by atoms with Crippen LogP contribution in [0.5, 0.6) is 0 Å². The number of hydrogen-bond donors (Lipinski definition) is 3. The summed E-state index contributed by atoms with van der Waals surface area (Å²) < 4.78 is 0. The van der Waals surface area contributed by atoms with Crippen molar-refractivity contribution in [3.63, 3.8) is 0 Å². The molecule has 2 amide bonds. The number of nitrogens with one attached hydrogen (secondary N) is 1. The summed E-state index contributed by atoms with van der Waals surface area (Å²) in [7, 11) is 0. The molecule has 0 aromatic carbocycles. The number of aliphatic hydroxyl groups excluding tert-OH is 1. The quantitative estimate of drug-likeness (QED) is 0.639. The number of primary amides is 1. The van der Waals surface area contributed by atoms with Crippen molar-refractivity contribution in [1.29, 1.82) is 0 Å². The summed E-state index contributed by atoms with van der Waals surface area (Å²) in [6.07, 6.45) is 1.82. The Bertz CT molecular complexity index is 472. The molecule has 7 heteroatoms. The van der Waals surface area contributed by atoms with Gasteiger partial charge in [-0.3, -0.25) is 14.5 Å². The molecule has 0 aliphatic carbocycles. The average molecular weight is 313 g/mol. The fraction of sp³-hybridized carbons (Fsp3) is 0.571. The van der Waals surface area contributed by atoms with E-state index in [1.165, 1.54) is 11.3 Å². The normalized spacial score (nSPS) is 11.1. The molecule has 0 unspecified atom stereocenters. The zero-order valence-corrected chi connectivity index (χ0v) is 13.3. The first-order chi connectivity index (χ1) is 10.0. The number of aliphatic hydroxyl groups is 1. The lowest BCUT2D eigenvalue weighted by Crippen LogP contribution is -2.42. The summed E-state index contributed by atoms with van der Waals surface area (Å²) in [5.74, 6) is -0.765. The molecule has 1 aromatic rings. The van der Waals surface area contributed by atoms with E-state index in [0.717, 1.165) is 12.8 Å². The lowest BCUT2D eigenvalue weighted by atomic mass is 10.1. The van der Waals surface area contributed by atoms with Crippen LogP contribution in [0.25, 0.3) is 0 Å². The van der Waals surface area contributed by atoms with E-state index in [4.69, 9.17) is 10.8 Å². The molecule has 0 fully saturated rings. The largest absolute Gasteiger partial charge is 0.395 e. The molecule has 4 N–H and O–H groups in total. The number of hydrogen-bond acceptors (Lipinski definition) is 5. The van der Waals surface area contributed by atoms with E-state index < -0.39 is 5.91 Å². The molecule has 0 spiro atoms. The van der Waals surface area contributed by atoms with Crippen LogP contribution in [-0.4, -0.2) is 47.6 Å². The van der Waals surface area contributed by atoms with E-state index in [9.17, 15) is 9.59 Å². The molecule has 21 heavy (non-hydrogen) atoms. The van der Waals surface area contributed by atoms with Crippen LogP contribution in [-0.2, 0) is 4.79 Å². The van der Waals surface area contributed by atoms with Crippen molar-refractivity contribution in [1.82, 2.24) is 4.90 Å². The predicted molar refractivity (Wildman–Crippen MR) is 84.5 cm³/mol. The monoisotopic (exact) mass is 313 g/mol. The topological polar surface area (TPSA) is 95.7 Å². The molecule has 0 saturated carbocycles. The Hall–Kier alpha value is -1.44. The molecule has 0 aliphatic rings. The SMILES string of the molecule is CCC(CC)N(CCO)CC(=O)Nc1sccc1C(N)=O. The van der Waals surface area contributed by atoms with Crippen molar-refractivity contribution in [2.75, 3.05) is 25.0 Å². The summed E-state index contributed by atoms with van der Waals surface area (Å²) in [5.41, 5.74) is 5.57.